The molecule has 0 saturated heterocycles. The predicted octanol–water partition coefficient (Wildman–Crippen LogP) is 3.51. The second-order valence-electron chi connectivity index (χ2n) is 7.02. The first-order valence-corrected chi connectivity index (χ1v) is 9.26. The maximum absolute atomic E-state index is 13.2. The molecule has 0 radical (unpaired) electrons. The van der Waals surface area contributed by atoms with Crippen molar-refractivity contribution in [1.82, 2.24) is 9.97 Å². The Hall–Kier alpha value is -2.67. The number of hydrogen-bond acceptors (Lipinski definition) is 3. The number of para-hydroxylation sites is 1. The molecule has 1 heterocycles. The Bertz CT molecular complexity index is 937. The molecule has 0 aliphatic carbocycles. The third-order valence-electron chi connectivity index (χ3n) is 4.82. The van der Waals surface area contributed by atoms with Crippen molar-refractivity contribution in [2.75, 3.05) is 26.0 Å². The van der Waals surface area contributed by atoms with Gasteiger partial charge in [-0.25, -0.2) is 9.97 Å². The van der Waals surface area contributed by atoms with Crippen LogP contribution in [0.2, 0.25) is 0 Å². The Morgan fingerprint density at radius 2 is 1.68 bits per heavy atom. The Morgan fingerprint density at radius 3 is 2.29 bits per heavy atom. The number of rotatable bonds is 6. The lowest BCUT2D eigenvalue weighted by atomic mass is 10.0. The summed E-state index contributed by atoms with van der Waals surface area (Å²) in [6.07, 6.45) is -3.63. The van der Waals surface area contributed by atoms with Crippen LogP contribution in [-0.2, 0) is 12.6 Å². The fourth-order valence-corrected chi connectivity index (χ4v) is 3.18. The minimum absolute atomic E-state index is 0.0639. The molecule has 0 bridgehead atoms. The summed E-state index contributed by atoms with van der Waals surface area (Å²) >= 11 is 0. The van der Waals surface area contributed by atoms with Crippen LogP contribution in [-0.4, -0.2) is 30.6 Å². The van der Waals surface area contributed by atoms with Crippen molar-refractivity contribution in [2.24, 2.45) is 0 Å². The van der Waals surface area contributed by atoms with E-state index in [-0.39, 0.29) is 17.4 Å². The molecule has 0 saturated carbocycles. The average molecular weight is 389 g/mol. The molecule has 0 unspecified atom stereocenters. The van der Waals surface area contributed by atoms with E-state index < -0.39 is 12.0 Å². The number of anilines is 1. The summed E-state index contributed by atoms with van der Waals surface area (Å²) in [4.78, 5) is 8.61. The third-order valence-corrected chi connectivity index (χ3v) is 4.82. The SMILES string of the molecule is CCc1ccc([C@H](CNc2nc(C(F)(F)F)nc3ccccc23)[NH+](C)C)cc1. The number of benzene rings is 2. The standard InChI is InChI=1S/C21H23F3N4/c1-4-14-9-11-15(12-10-14)18(28(2)3)13-25-19-16-7-5-6-8-17(16)26-20(27-19)21(22,23)24/h5-12,18H,4,13H2,1-3H3,(H,25,26,27)/p+1/t18-/m0/s1. The Balaban J connectivity index is 1.91. The minimum atomic E-state index is -4.59. The predicted molar refractivity (Wildman–Crippen MR) is 104 cm³/mol. The number of likely N-dealkylation sites (N-methyl/N-ethyl adjacent to an activating group) is 1. The molecule has 3 rings (SSSR count). The number of nitrogens with zero attached hydrogens (tertiary/aromatic N) is 2. The molecule has 28 heavy (non-hydrogen) atoms. The summed E-state index contributed by atoms with van der Waals surface area (Å²) in [7, 11) is 4.05. The monoisotopic (exact) mass is 389 g/mol. The van der Waals surface area contributed by atoms with E-state index in [9.17, 15) is 13.2 Å². The molecule has 2 aromatic carbocycles. The molecule has 148 valence electrons. The lowest BCUT2D eigenvalue weighted by molar-refractivity contribution is -0.890. The van der Waals surface area contributed by atoms with Crippen LogP contribution >= 0.6 is 0 Å². The third kappa shape index (κ3) is 4.42. The number of aryl methyl sites for hydroxylation is 1. The highest BCUT2D eigenvalue weighted by molar-refractivity contribution is 5.89. The summed E-state index contributed by atoms with van der Waals surface area (Å²) < 4.78 is 39.6. The van der Waals surface area contributed by atoms with Crippen molar-refractivity contribution >= 4 is 16.7 Å². The zero-order valence-corrected chi connectivity index (χ0v) is 16.1. The molecule has 7 heteroatoms. The van der Waals surface area contributed by atoms with Crippen molar-refractivity contribution in [3.8, 4) is 0 Å². The zero-order valence-electron chi connectivity index (χ0n) is 16.1. The van der Waals surface area contributed by atoms with Gasteiger partial charge in [0.25, 0.3) is 0 Å². The molecule has 1 atom stereocenters. The van der Waals surface area contributed by atoms with Gasteiger partial charge in [0, 0.05) is 10.9 Å². The fourth-order valence-electron chi connectivity index (χ4n) is 3.18. The number of fused-ring (bicyclic) bond motifs is 1. The summed E-state index contributed by atoms with van der Waals surface area (Å²) in [5, 5.41) is 3.71. The summed E-state index contributed by atoms with van der Waals surface area (Å²) in [6, 6.07) is 15.1. The van der Waals surface area contributed by atoms with Crippen LogP contribution in [0.4, 0.5) is 19.0 Å². The largest absolute Gasteiger partial charge is 0.451 e. The van der Waals surface area contributed by atoms with E-state index in [4.69, 9.17) is 0 Å². The Kier molecular flexibility index (Phi) is 5.84. The summed E-state index contributed by atoms with van der Waals surface area (Å²) in [5.41, 5.74) is 2.65. The van der Waals surface area contributed by atoms with Gasteiger partial charge in [0.15, 0.2) is 0 Å². The summed E-state index contributed by atoms with van der Waals surface area (Å²) in [5.74, 6) is -0.927. The maximum Gasteiger partial charge on any atom is 0.451 e. The highest BCUT2D eigenvalue weighted by Crippen LogP contribution is 2.30. The molecule has 0 spiro atoms. The molecule has 0 fully saturated rings. The molecule has 4 nitrogen and oxygen atoms in total. The lowest BCUT2D eigenvalue weighted by Gasteiger charge is -2.23. The molecular weight excluding hydrogens is 365 g/mol. The lowest BCUT2D eigenvalue weighted by Crippen LogP contribution is -3.06. The van der Waals surface area contributed by atoms with Crippen LogP contribution in [0.3, 0.4) is 0 Å². The van der Waals surface area contributed by atoms with E-state index in [2.05, 4.69) is 46.5 Å². The fraction of sp³-hybridized carbons (Fsp3) is 0.333. The van der Waals surface area contributed by atoms with E-state index in [1.165, 1.54) is 10.5 Å². The van der Waals surface area contributed by atoms with E-state index in [1.807, 2.05) is 14.1 Å². The van der Waals surface area contributed by atoms with Crippen LogP contribution < -0.4 is 10.2 Å². The van der Waals surface area contributed by atoms with Gasteiger partial charge >= 0.3 is 6.18 Å². The van der Waals surface area contributed by atoms with Crippen LogP contribution in [0.15, 0.2) is 48.5 Å². The van der Waals surface area contributed by atoms with E-state index in [0.29, 0.717) is 11.9 Å². The van der Waals surface area contributed by atoms with Gasteiger partial charge in [-0.3, -0.25) is 0 Å². The smallest absolute Gasteiger partial charge is 0.363 e. The number of hydrogen-bond donors (Lipinski definition) is 2. The van der Waals surface area contributed by atoms with Crippen LogP contribution in [0.5, 0.6) is 0 Å². The van der Waals surface area contributed by atoms with Crippen LogP contribution in [0, 0.1) is 0 Å². The number of alkyl halides is 3. The second kappa shape index (κ2) is 8.14. The highest BCUT2D eigenvalue weighted by atomic mass is 19.4. The van der Waals surface area contributed by atoms with Crippen molar-refractivity contribution in [3.05, 3.63) is 65.5 Å². The van der Waals surface area contributed by atoms with Crippen molar-refractivity contribution in [2.45, 2.75) is 25.6 Å². The number of aromatic nitrogens is 2. The molecule has 0 aliphatic heterocycles. The second-order valence-corrected chi connectivity index (χ2v) is 7.02. The van der Waals surface area contributed by atoms with Crippen molar-refractivity contribution < 1.29 is 18.1 Å². The van der Waals surface area contributed by atoms with Gasteiger partial charge in [0.2, 0.25) is 5.82 Å². The molecule has 3 aromatic rings. The normalized spacial score (nSPS) is 13.1. The number of quaternary nitrogens is 1. The zero-order chi connectivity index (χ0) is 20.3. The van der Waals surface area contributed by atoms with Crippen molar-refractivity contribution in [1.29, 1.82) is 0 Å². The minimum Gasteiger partial charge on any atom is -0.363 e. The first kappa shape index (κ1) is 20.1. The molecule has 0 aliphatic rings. The number of nitrogens with one attached hydrogen (secondary N) is 2. The molecule has 2 N–H and O–H groups in total. The van der Waals surface area contributed by atoms with E-state index in [1.54, 1.807) is 24.3 Å². The maximum atomic E-state index is 13.2. The molecule has 1 aromatic heterocycles. The average Bonchev–Trinajstić information content (AvgIpc) is 2.67. The van der Waals surface area contributed by atoms with Gasteiger partial charge in [-0.15, -0.1) is 0 Å². The van der Waals surface area contributed by atoms with E-state index in [0.717, 1.165) is 12.0 Å². The van der Waals surface area contributed by atoms with Gasteiger partial charge in [-0.1, -0.05) is 43.3 Å². The Labute approximate surface area is 162 Å². The first-order valence-electron chi connectivity index (χ1n) is 9.26. The first-order chi connectivity index (χ1) is 13.3. The highest BCUT2D eigenvalue weighted by Gasteiger charge is 2.35. The van der Waals surface area contributed by atoms with Gasteiger partial charge < -0.3 is 10.2 Å². The van der Waals surface area contributed by atoms with Gasteiger partial charge in [0.1, 0.15) is 11.9 Å². The van der Waals surface area contributed by atoms with Gasteiger partial charge in [-0.05, 0) is 24.1 Å². The molecule has 0 amide bonds. The Morgan fingerprint density at radius 1 is 1.00 bits per heavy atom. The quantitative estimate of drug-likeness (QED) is 0.678. The summed E-state index contributed by atoms with van der Waals surface area (Å²) in [6.45, 7) is 2.55. The number of halogens is 3. The topological polar surface area (TPSA) is 42.2 Å². The van der Waals surface area contributed by atoms with Gasteiger partial charge in [0.05, 0.1) is 26.2 Å². The van der Waals surface area contributed by atoms with Gasteiger partial charge in [-0.2, -0.15) is 13.2 Å². The van der Waals surface area contributed by atoms with Crippen LogP contribution in [0.25, 0.3) is 10.9 Å². The van der Waals surface area contributed by atoms with Crippen molar-refractivity contribution in [3.63, 3.8) is 0 Å². The molecular formula is C21H24F3N4+. The van der Waals surface area contributed by atoms with E-state index >= 15 is 0 Å². The van der Waals surface area contributed by atoms with Crippen LogP contribution in [0.1, 0.15) is 29.9 Å².